The van der Waals surface area contributed by atoms with Gasteiger partial charge in [0.1, 0.15) is 0 Å². The van der Waals surface area contributed by atoms with Crippen LogP contribution in [0.1, 0.15) is 6.92 Å². The van der Waals surface area contributed by atoms with Crippen molar-refractivity contribution in [2.24, 2.45) is 10.7 Å². The van der Waals surface area contributed by atoms with Gasteiger partial charge >= 0.3 is 0 Å². The first kappa shape index (κ1) is 7.28. The van der Waals surface area contributed by atoms with E-state index in [9.17, 15) is 0 Å². The first-order chi connectivity index (χ1) is 4.75. The van der Waals surface area contributed by atoms with Crippen LogP contribution >= 0.6 is 0 Å². The van der Waals surface area contributed by atoms with Crippen LogP contribution in [0.4, 0.5) is 0 Å². The number of nitrogens with zero attached hydrogens (tertiary/aromatic N) is 1. The molecule has 3 N–H and O–H groups in total. The topological polar surface area (TPSA) is 50.4 Å². The zero-order chi connectivity index (χ0) is 7.56. The van der Waals surface area contributed by atoms with Gasteiger partial charge in [-0.3, -0.25) is 4.99 Å². The Hall–Kier alpha value is -0.830. The molecule has 3 nitrogen and oxygen atoms in total. The second-order valence-electron chi connectivity index (χ2n) is 2.47. The van der Waals surface area contributed by atoms with Crippen LogP contribution in [0.3, 0.4) is 0 Å². The van der Waals surface area contributed by atoms with Crippen molar-refractivity contribution in [2.45, 2.75) is 13.0 Å². The SMILES string of the molecule is CN=CC1=C(N)C(C)NC1. The molecule has 0 aromatic heterocycles. The number of nitrogens with one attached hydrogen (secondary N) is 1. The Morgan fingerprint density at radius 3 is 2.90 bits per heavy atom. The Kier molecular flexibility index (Phi) is 2.06. The molecule has 0 bridgehead atoms. The van der Waals surface area contributed by atoms with Crippen LogP contribution < -0.4 is 11.1 Å². The molecule has 1 aliphatic heterocycles. The van der Waals surface area contributed by atoms with Gasteiger partial charge in [0, 0.05) is 37.1 Å². The van der Waals surface area contributed by atoms with Crippen molar-refractivity contribution in [1.29, 1.82) is 0 Å². The average Bonchev–Trinajstić information content (AvgIpc) is 2.20. The summed E-state index contributed by atoms with van der Waals surface area (Å²) >= 11 is 0. The second kappa shape index (κ2) is 2.84. The maximum Gasteiger partial charge on any atom is 0.0445 e. The summed E-state index contributed by atoms with van der Waals surface area (Å²) in [7, 11) is 1.75. The molecule has 1 aliphatic rings. The maximum absolute atomic E-state index is 5.73. The lowest BCUT2D eigenvalue weighted by atomic mass is 10.2. The van der Waals surface area contributed by atoms with E-state index < -0.39 is 0 Å². The molecule has 56 valence electrons. The van der Waals surface area contributed by atoms with Gasteiger partial charge in [-0.05, 0) is 6.92 Å². The van der Waals surface area contributed by atoms with Crippen molar-refractivity contribution in [3.8, 4) is 0 Å². The van der Waals surface area contributed by atoms with Gasteiger partial charge in [-0.1, -0.05) is 0 Å². The minimum Gasteiger partial charge on any atom is -0.400 e. The molecular weight excluding hydrogens is 126 g/mol. The van der Waals surface area contributed by atoms with Crippen LogP contribution in [-0.4, -0.2) is 25.8 Å². The van der Waals surface area contributed by atoms with Gasteiger partial charge in [-0.2, -0.15) is 0 Å². The molecule has 0 radical (unpaired) electrons. The second-order valence-corrected chi connectivity index (χ2v) is 2.47. The Morgan fingerprint density at radius 1 is 1.80 bits per heavy atom. The van der Waals surface area contributed by atoms with Crippen LogP contribution in [0.15, 0.2) is 16.3 Å². The van der Waals surface area contributed by atoms with Gasteiger partial charge in [-0.25, -0.2) is 0 Å². The fraction of sp³-hybridized carbons (Fsp3) is 0.571. The fourth-order valence-corrected chi connectivity index (χ4v) is 1.03. The smallest absolute Gasteiger partial charge is 0.0445 e. The molecule has 10 heavy (non-hydrogen) atoms. The highest BCUT2D eigenvalue weighted by Crippen LogP contribution is 2.07. The predicted octanol–water partition coefficient (Wildman–Crippen LogP) is -0.109. The third-order valence-electron chi connectivity index (χ3n) is 1.72. The van der Waals surface area contributed by atoms with Crippen LogP contribution in [0.5, 0.6) is 0 Å². The predicted molar refractivity (Wildman–Crippen MR) is 43.1 cm³/mol. The zero-order valence-corrected chi connectivity index (χ0v) is 6.39. The zero-order valence-electron chi connectivity index (χ0n) is 6.39. The van der Waals surface area contributed by atoms with Crippen molar-refractivity contribution >= 4 is 6.21 Å². The lowest BCUT2D eigenvalue weighted by Crippen LogP contribution is -2.23. The van der Waals surface area contributed by atoms with E-state index in [-0.39, 0.29) is 0 Å². The molecule has 0 saturated carbocycles. The molecule has 1 unspecified atom stereocenters. The Labute approximate surface area is 61.0 Å². The fourth-order valence-electron chi connectivity index (χ4n) is 1.03. The summed E-state index contributed by atoms with van der Waals surface area (Å²) < 4.78 is 0. The van der Waals surface area contributed by atoms with Crippen LogP contribution in [0.25, 0.3) is 0 Å². The summed E-state index contributed by atoms with van der Waals surface area (Å²) in [5.74, 6) is 0. The molecule has 0 aromatic rings. The standard InChI is InChI=1S/C7H13N3/c1-5-7(8)6(3-9-2)4-10-5/h3,5,10H,4,8H2,1-2H3. The quantitative estimate of drug-likeness (QED) is 0.498. The van der Waals surface area contributed by atoms with Crippen LogP contribution in [-0.2, 0) is 0 Å². The molecule has 0 aromatic carbocycles. The summed E-state index contributed by atoms with van der Waals surface area (Å²) in [4.78, 5) is 3.90. The molecule has 0 spiro atoms. The van der Waals surface area contributed by atoms with Crippen molar-refractivity contribution in [3.05, 3.63) is 11.3 Å². The van der Waals surface area contributed by atoms with E-state index in [1.807, 2.05) is 13.1 Å². The van der Waals surface area contributed by atoms with Gasteiger partial charge in [-0.15, -0.1) is 0 Å². The molecule has 0 aliphatic carbocycles. The van der Waals surface area contributed by atoms with E-state index in [2.05, 4.69) is 10.3 Å². The summed E-state index contributed by atoms with van der Waals surface area (Å²) in [5.41, 5.74) is 7.78. The average molecular weight is 139 g/mol. The molecule has 1 rings (SSSR count). The number of nitrogens with two attached hydrogens (primary N) is 1. The van der Waals surface area contributed by atoms with Gasteiger partial charge in [0.05, 0.1) is 0 Å². The van der Waals surface area contributed by atoms with Crippen molar-refractivity contribution in [2.75, 3.05) is 13.6 Å². The third kappa shape index (κ3) is 1.19. The maximum atomic E-state index is 5.73. The largest absolute Gasteiger partial charge is 0.400 e. The summed E-state index contributed by atoms with van der Waals surface area (Å²) in [6.45, 7) is 2.90. The lowest BCUT2D eigenvalue weighted by Gasteiger charge is -2.01. The van der Waals surface area contributed by atoms with Crippen molar-refractivity contribution < 1.29 is 0 Å². The number of rotatable bonds is 1. The van der Waals surface area contributed by atoms with Gasteiger partial charge in [0.2, 0.25) is 0 Å². The lowest BCUT2D eigenvalue weighted by molar-refractivity contribution is 0.696. The summed E-state index contributed by atoms with van der Waals surface area (Å²) in [6, 6.07) is 0.313. The molecule has 1 atom stereocenters. The number of aliphatic imine (C=N–C) groups is 1. The van der Waals surface area contributed by atoms with E-state index in [1.165, 1.54) is 0 Å². The van der Waals surface area contributed by atoms with E-state index in [1.54, 1.807) is 7.05 Å². The minimum atomic E-state index is 0.313. The Balaban J connectivity index is 2.75. The highest BCUT2D eigenvalue weighted by molar-refractivity contribution is 5.81. The van der Waals surface area contributed by atoms with Crippen molar-refractivity contribution in [3.63, 3.8) is 0 Å². The third-order valence-corrected chi connectivity index (χ3v) is 1.72. The summed E-state index contributed by atoms with van der Waals surface area (Å²) in [5, 5.41) is 3.21. The van der Waals surface area contributed by atoms with E-state index >= 15 is 0 Å². The van der Waals surface area contributed by atoms with E-state index in [0.29, 0.717) is 6.04 Å². The molecule has 1 heterocycles. The van der Waals surface area contributed by atoms with Gasteiger partial charge < -0.3 is 11.1 Å². The normalized spacial score (nSPS) is 26.8. The first-order valence-electron chi connectivity index (χ1n) is 3.39. The van der Waals surface area contributed by atoms with Crippen LogP contribution in [0.2, 0.25) is 0 Å². The van der Waals surface area contributed by atoms with E-state index in [0.717, 1.165) is 17.8 Å². The molecular formula is C7H13N3. The number of hydrogen-bond acceptors (Lipinski definition) is 3. The minimum absolute atomic E-state index is 0.313. The highest BCUT2D eigenvalue weighted by Gasteiger charge is 2.15. The van der Waals surface area contributed by atoms with Crippen LogP contribution in [0, 0.1) is 0 Å². The number of hydrogen-bond donors (Lipinski definition) is 2. The summed E-state index contributed by atoms with van der Waals surface area (Å²) in [6.07, 6.45) is 1.81. The Bertz CT molecular complexity index is 181. The first-order valence-corrected chi connectivity index (χ1v) is 3.39. The monoisotopic (exact) mass is 139 g/mol. The molecule has 0 fully saturated rings. The Morgan fingerprint density at radius 2 is 2.50 bits per heavy atom. The molecule has 0 amide bonds. The van der Waals surface area contributed by atoms with Gasteiger partial charge in [0.15, 0.2) is 0 Å². The van der Waals surface area contributed by atoms with E-state index in [4.69, 9.17) is 5.73 Å². The molecule has 0 saturated heterocycles. The highest BCUT2D eigenvalue weighted by atomic mass is 15.0. The van der Waals surface area contributed by atoms with Crippen molar-refractivity contribution in [1.82, 2.24) is 5.32 Å². The van der Waals surface area contributed by atoms with Gasteiger partial charge in [0.25, 0.3) is 0 Å². The molecule has 3 heteroatoms.